The first-order valence-electron chi connectivity index (χ1n) is 8.37. The molecule has 23 heavy (non-hydrogen) atoms. The molecule has 3 heteroatoms. The molecule has 1 aliphatic rings. The topological polar surface area (TPSA) is 32.7 Å². The maximum Gasteiger partial charge on any atom is 0.120 e. The highest BCUT2D eigenvalue weighted by molar-refractivity contribution is 5.29. The summed E-state index contributed by atoms with van der Waals surface area (Å²) in [6.45, 7) is 5.45. The Morgan fingerprint density at radius 2 is 1.91 bits per heavy atom. The van der Waals surface area contributed by atoms with E-state index in [9.17, 15) is 5.11 Å². The first-order valence-corrected chi connectivity index (χ1v) is 8.37. The van der Waals surface area contributed by atoms with E-state index in [-0.39, 0.29) is 6.10 Å². The second-order valence-corrected chi connectivity index (χ2v) is 6.45. The minimum atomic E-state index is -0.208. The third-order valence-electron chi connectivity index (χ3n) is 4.54. The molecule has 2 aromatic carbocycles. The zero-order valence-corrected chi connectivity index (χ0v) is 13.7. The Morgan fingerprint density at radius 1 is 1.13 bits per heavy atom. The van der Waals surface area contributed by atoms with Gasteiger partial charge in [0.25, 0.3) is 0 Å². The molecular weight excluding hydrogens is 286 g/mol. The lowest BCUT2D eigenvalue weighted by Crippen LogP contribution is -2.23. The quantitative estimate of drug-likeness (QED) is 0.886. The molecule has 2 unspecified atom stereocenters. The van der Waals surface area contributed by atoms with Crippen LogP contribution in [-0.4, -0.2) is 29.2 Å². The lowest BCUT2D eigenvalue weighted by molar-refractivity contribution is 0.127. The fraction of sp³-hybridized carbons (Fsp3) is 0.400. The van der Waals surface area contributed by atoms with Gasteiger partial charge in [0.15, 0.2) is 0 Å². The van der Waals surface area contributed by atoms with Crippen LogP contribution in [0.4, 0.5) is 0 Å². The van der Waals surface area contributed by atoms with Crippen LogP contribution in [-0.2, 0) is 13.2 Å². The average Bonchev–Trinajstić information content (AvgIpc) is 3.03. The van der Waals surface area contributed by atoms with Crippen molar-refractivity contribution < 1.29 is 9.84 Å². The number of rotatable bonds is 6. The molecule has 1 aliphatic heterocycles. The highest BCUT2D eigenvalue weighted by Crippen LogP contribution is 2.23. The van der Waals surface area contributed by atoms with Gasteiger partial charge in [0.1, 0.15) is 12.4 Å². The van der Waals surface area contributed by atoms with E-state index in [4.69, 9.17) is 4.74 Å². The fourth-order valence-electron chi connectivity index (χ4n) is 3.13. The van der Waals surface area contributed by atoms with E-state index < -0.39 is 0 Å². The maximum atomic E-state index is 9.71. The number of hydrogen-bond acceptors (Lipinski definition) is 3. The molecule has 1 N–H and O–H groups in total. The number of hydrogen-bond donors (Lipinski definition) is 1. The number of likely N-dealkylation sites (tertiary alicyclic amines) is 1. The molecule has 0 aromatic heterocycles. The van der Waals surface area contributed by atoms with Crippen molar-refractivity contribution in [2.24, 2.45) is 5.92 Å². The van der Waals surface area contributed by atoms with Gasteiger partial charge in [0.05, 0.1) is 6.10 Å². The van der Waals surface area contributed by atoms with E-state index in [0.29, 0.717) is 12.5 Å². The van der Waals surface area contributed by atoms with Crippen molar-refractivity contribution in [3.05, 3.63) is 65.7 Å². The number of aliphatic hydroxyl groups excluding tert-OH is 1. The third kappa shape index (κ3) is 4.57. The molecule has 2 atom stereocenters. The monoisotopic (exact) mass is 311 g/mol. The van der Waals surface area contributed by atoms with Gasteiger partial charge in [-0.3, -0.25) is 4.90 Å². The number of nitrogens with zero attached hydrogens (tertiary/aromatic N) is 1. The van der Waals surface area contributed by atoms with Gasteiger partial charge in [-0.05, 0) is 49.1 Å². The van der Waals surface area contributed by atoms with Gasteiger partial charge >= 0.3 is 0 Å². The maximum absolute atomic E-state index is 9.71. The molecule has 0 spiro atoms. The van der Waals surface area contributed by atoms with Gasteiger partial charge in [-0.25, -0.2) is 0 Å². The van der Waals surface area contributed by atoms with Crippen LogP contribution in [0.1, 0.15) is 24.5 Å². The van der Waals surface area contributed by atoms with Crippen molar-refractivity contribution in [2.45, 2.75) is 32.6 Å². The Hall–Kier alpha value is -1.84. The molecule has 0 amide bonds. The van der Waals surface area contributed by atoms with E-state index in [2.05, 4.69) is 35.2 Å². The lowest BCUT2D eigenvalue weighted by Gasteiger charge is -2.18. The standard InChI is InChI=1S/C20H25NO2/c1-16(22)19-10-11-21(14-19)13-18-8-5-9-20(12-18)23-15-17-6-3-2-4-7-17/h2-9,12,16,19,22H,10-11,13-15H2,1H3. The predicted molar refractivity (Wildman–Crippen MR) is 92.3 cm³/mol. The number of benzene rings is 2. The van der Waals surface area contributed by atoms with Gasteiger partial charge in [0, 0.05) is 13.1 Å². The van der Waals surface area contributed by atoms with Crippen LogP contribution in [0.25, 0.3) is 0 Å². The smallest absolute Gasteiger partial charge is 0.120 e. The largest absolute Gasteiger partial charge is 0.489 e. The molecule has 0 bridgehead atoms. The Bertz CT molecular complexity index is 612. The Morgan fingerprint density at radius 3 is 2.65 bits per heavy atom. The molecule has 122 valence electrons. The minimum Gasteiger partial charge on any atom is -0.489 e. The Labute approximate surface area is 138 Å². The highest BCUT2D eigenvalue weighted by atomic mass is 16.5. The molecule has 3 nitrogen and oxygen atoms in total. The summed E-state index contributed by atoms with van der Waals surface area (Å²) in [7, 11) is 0. The average molecular weight is 311 g/mol. The molecule has 0 radical (unpaired) electrons. The number of ether oxygens (including phenoxy) is 1. The third-order valence-corrected chi connectivity index (χ3v) is 4.54. The van der Waals surface area contributed by atoms with E-state index in [1.807, 2.05) is 31.2 Å². The van der Waals surface area contributed by atoms with Crippen molar-refractivity contribution in [3.63, 3.8) is 0 Å². The van der Waals surface area contributed by atoms with Crippen molar-refractivity contribution in [1.82, 2.24) is 4.90 Å². The van der Waals surface area contributed by atoms with Gasteiger partial charge in [-0.15, -0.1) is 0 Å². The summed E-state index contributed by atoms with van der Waals surface area (Å²) in [5.74, 6) is 1.32. The van der Waals surface area contributed by atoms with Crippen molar-refractivity contribution in [1.29, 1.82) is 0 Å². The SMILES string of the molecule is CC(O)C1CCN(Cc2cccc(OCc3ccccc3)c2)C1. The van der Waals surface area contributed by atoms with E-state index in [1.165, 1.54) is 11.1 Å². The predicted octanol–water partition coefficient (Wildman–Crippen LogP) is 3.47. The molecule has 0 aliphatic carbocycles. The molecule has 3 rings (SSSR count). The van der Waals surface area contributed by atoms with Crippen LogP contribution in [0.2, 0.25) is 0 Å². The minimum absolute atomic E-state index is 0.208. The molecule has 1 saturated heterocycles. The number of aliphatic hydroxyl groups is 1. The molecule has 1 heterocycles. The summed E-state index contributed by atoms with van der Waals surface area (Å²) in [6, 6.07) is 18.5. The van der Waals surface area contributed by atoms with E-state index in [1.54, 1.807) is 0 Å². The van der Waals surface area contributed by atoms with Crippen LogP contribution in [0, 0.1) is 5.92 Å². The van der Waals surface area contributed by atoms with Crippen molar-refractivity contribution in [3.8, 4) is 5.75 Å². The first kappa shape index (κ1) is 16.0. The summed E-state index contributed by atoms with van der Waals surface area (Å²) < 4.78 is 5.90. The summed E-state index contributed by atoms with van der Waals surface area (Å²) in [5, 5.41) is 9.71. The van der Waals surface area contributed by atoms with Crippen molar-refractivity contribution in [2.75, 3.05) is 13.1 Å². The summed E-state index contributed by atoms with van der Waals surface area (Å²) in [5.41, 5.74) is 2.44. The van der Waals surface area contributed by atoms with Gasteiger partial charge in [0.2, 0.25) is 0 Å². The van der Waals surface area contributed by atoms with Gasteiger partial charge < -0.3 is 9.84 Å². The zero-order chi connectivity index (χ0) is 16.1. The summed E-state index contributed by atoms with van der Waals surface area (Å²) >= 11 is 0. The second kappa shape index (κ2) is 7.62. The molecule has 0 saturated carbocycles. The van der Waals surface area contributed by atoms with Crippen molar-refractivity contribution >= 4 is 0 Å². The Kier molecular flexibility index (Phi) is 5.31. The van der Waals surface area contributed by atoms with Crippen LogP contribution in [0.5, 0.6) is 5.75 Å². The highest BCUT2D eigenvalue weighted by Gasteiger charge is 2.25. The molecule has 1 fully saturated rings. The first-order chi connectivity index (χ1) is 11.2. The van der Waals surface area contributed by atoms with Crippen LogP contribution >= 0.6 is 0 Å². The lowest BCUT2D eigenvalue weighted by atomic mass is 10.0. The summed E-state index contributed by atoms with van der Waals surface area (Å²) in [4.78, 5) is 2.41. The van der Waals surface area contributed by atoms with Crippen LogP contribution in [0.15, 0.2) is 54.6 Å². The molecule has 2 aromatic rings. The normalized spacial score (nSPS) is 19.7. The van der Waals surface area contributed by atoms with Crippen LogP contribution < -0.4 is 4.74 Å². The van der Waals surface area contributed by atoms with Crippen LogP contribution in [0.3, 0.4) is 0 Å². The molecular formula is C20H25NO2. The summed E-state index contributed by atoms with van der Waals surface area (Å²) in [6.07, 6.45) is 0.877. The van der Waals surface area contributed by atoms with E-state index in [0.717, 1.165) is 31.8 Å². The fourth-order valence-corrected chi connectivity index (χ4v) is 3.13. The zero-order valence-electron chi connectivity index (χ0n) is 13.7. The van der Waals surface area contributed by atoms with Gasteiger partial charge in [-0.1, -0.05) is 42.5 Å². The Balaban J connectivity index is 1.55. The second-order valence-electron chi connectivity index (χ2n) is 6.45. The van der Waals surface area contributed by atoms with E-state index >= 15 is 0 Å². The van der Waals surface area contributed by atoms with Gasteiger partial charge in [-0.2, -0.15) is 0 Å².